The first-order valence-electron chi connectivity index (χ1n) is 6.99. The Morgan fingerprint density at radius 3 is 2.75 bits per heavy atom. The minimum atomic E-state index is 0.403. The summed E-state index contributed by atoms with van der Waals surface area (Å²) < 4.78 is 7.21. The Morgan fingerprint density at radius 2 is 2.10 bits per heavy atom. The van der Waals surface area contributed by atoms with Crippen LogP contribution in [0, 0.1) is 6.92 Å². The molecule has 0 aromatic carbocycles. The average molecular weight is 272 g/mol. The van der Waals surface area contributed by atoms with Crippen LogP contribution in [0.4, 0.5) is 5.69 Å². The van der Waals surface area contributed by atoms with Gasteiger partial charge in [0, 0.05) is 37.9 Å². The highest BCUT2D eigenvalue weighted by molar-refractivity contribution is 5.65. The van der Waals surface area contributed by atoms with E-state index in [1.165, 1.54) is 0 Å². The van der Waals surface area contributed by atoms with E-state index in [9.17, 15) is 0 Å². The van der Waals surface area contributed by atoms with Crippen LogP contribution in [0.25, 0.3) is 11.3 Å². The molecule has 2 aromatic rings. The van der Waals surface area contributed by atoms with E-state index >= 15 is 0 Å². The smallest absolute Gasteiger partial charge is 0.0767 e. The molecule has 0 atom stereocenters. The summed E-state index contributed by atoms with van der Waals surface area (Å²) in [6, 6.07) is 2.03. The second-order valence-corrected chi connectivity index (χ2v) is 5.42. The average Bonchev–Trinajstić information content (AvgIpc) is 2.86. The van der Waals surface area contributed by atoms with Gasteiger partial charge in [0.1, 0.15) is 0 Å². The fourth-order valence-electron chi connectivity index (χ4n) is 2.78. The molecule has 0 radical (unpaired) electrons. The zero-order valence-corrected chi connectivity index (χ0v) is 12.0. The molecule has 20 heavy (non-hydrogen) atoms. The molecule has 0 unspecified atom stereocenters. The van der Waals surface area contributed by atoms with Crippen LogP contribution in [0.5, 0.6) is 0 Å². The van der Waals surface area contributed by atoms with Crippen LogP contribution in [-0.2, 0) is 11.8 Å². The number of ether oxygens (including phenoxy) is 1. The van der Waals surface area contributed by atoms with E-state index in [4.69, 9.17) is 15.5 Å². The summed E-state index contributed by atoms with van der Waals surface area (Å²) in [5.74, 6) is 0.403. The van der Waals surface area contributed by atoms with Crippen molar-refractivity contribution in [2.45, 2.75) is 25.7 Å². The number of nitrogens with two attached hydrogens (primary N) is 1. The zero-order chi connectivity index (χ0) is 14.1. The number of pyridine rings is 1. The Kier molecular flexibility index (Phi) is 3.44. The second-order valence-electron chi connectivity index (χ2n) is 5.42. The van der Waals surface area contributed by atoms with Gasteiger partial charge >= 0.3 is 0 Å². The lowest BCUT2D eigenvalue weighted by Crippen LogP contribution is -2.17. The van der Waals surface area contributed by atoms with Gasteiger partial charge in [-0.2, -0.15) is 5.10 Å². The normalized spacial score (nSPS) is 16.5. The molecular weight excluding hydrogens is 252 g/mol. The molecule has 0 bridgehead atoms. The Morgan fingerprint density at radius 1 is 1.35 bits per heavy atom. The molecule has 1 aliphatic heterocycles. The van der Waals surface area contributed by atoms with Crippen molar-refractivity contribution in [3.8, 4) is 11.3 Å². The van der Waals surface area contributed by atoms with Crippen molar-refractivity contribution in [1.82, 2.24) is 14.8 Å². The monoisotopic (exact) mass is 272 g/mol. The van der Waals surface area contributed by atoms with Gasteiger partial charge in [-0.25, -0.2) is 4.98 Å². The van der Waals surface area contributed by atoms with Crippen LogP contribution in [0.15, 0.2) is 18.5 Å². The third-order valence-electron chi connectivity index (χ3n) is 3.86. The van der Waals surface area contributed by atoms with Gasteiger partial charge in [0.05, 0.1) is 23.3 Å². The van der Waals surface area contributed by atoms with E-state index in [1.807, 2.05) is 32.4 Å². The van der Waals surface area contributed by atoms with Gasteiger partial charge in [-0.3, -0.25) is 4.68 Å². The van der Waals surface area contributed by atoms with Crippen molar-refractivity contribution < 1.29 is 4.74 Å². The minimum absolute atomic E-state index is 0.403. The van der Waals surface area contributed by atoms with Gasteiger partial charge in [-0.1, -0.05) is 0 Å². The van der Waals surface area contributed by atoms with Crippen LogP contribution >= 0.6 is 0 Å². The maximum absolute atomic E-state index is 6.18. The molecule has 5 nitrogen and oxygen atoms in total. The minimum Gasteiger partial charge on any atom is -0.397 e. The maximum atomic E-state index is 6.18. The fourth-order valence-corrected chi connectivity index (χ4v) is 2.78. The van der Waals surface area contributed by atoms with Gasteiger partial charge < -0.3 is 10.5 Å². The van der Waals surface area contributed by atoms with E-state index in [1.54, 1.807) is 4.68 Å². The third-order valence-corrected chi connectivity index (χ3v) is 3.86. The number of nitrogen functional groups attached to an aromatic ring is 1. The van der Waals surface area contributed by atoms with E-state index in [2.05, 4.69) is 5.10 Å². The molecule has 2 aromatic heterocycles. The van der Waals surface area contributed by atoms with E-state index < -0.39 is 0 Å². The number of anilines is 1. The Balaban J connectivity index is 2.02. The molecule has 2 N–H and O–H groups in total. The zero-order valence-electron chi connectivity index (χ0n) is 12.0. The van der Waals surface area contributed by atoms with E-state index in [0.717, 1.165) is 54.3 Å². The predicted molar refractivity (Wildman–Crippen MR) is 78.4 cm³/mol. The summed E-state index contributed by atoms with van der Waals surface area (Å²) >= 11 is 0. The summed E-state index contributed by atoms with van der Waals surface area (Å²) in [6.45, 7) is 3.63. The second kappa shape index (κ2) is 5.25. The number of aromatic nitrogens is 3. The SMILES string of the molecule is Cc1cc(N)c(C2CCOCC2)nc1-c1cnn(C)c1. The van der Waals surface area contributed by atoms with Crippen LogP contribution in [0.2, 0.25) is 0 Å². The summed E-state index contributed by atoms with van der Waals surface area (Å²) in [7, 11) is 1.91. The molecular formula is C15H20N4O. The Hall–Kier alpha value is -1.88. The number of hydrogen-bond acceptors (Lipinski definition) is 4. The Bertz CT molecular complexity index is 614. The molecule has 0 aliphatic carbocycles. The van der Waals surface area contributed by atoms with Crippen LogP contribution < -0.4 is 5.73 Å². The summed E-state index contributed by atoms with van der Waals surface area (Å²) in [4.78, 5) is 4.85. The number of aryl methyl sites for hydroxylation is 2. The molecule has 3 rings (SSSR count). The first-order chi connectivity index (χ1) is 9.65. The van der Waals surface area contributed by atoms with Crippen molar-refractivity contribution >= 4 is 5.69 Å². The largest absolute Gasteiger partial charge is 0.397 e. The first kappa shape index (κ1) is 13.1. The van der Waals surface area contributed by atoms with Crippen LogP contribution in [-0.4, -0.2) is 28.0 Å². The lowest BCUT2D eigenvalue weighted by molar-refractivity contribution is 0.0847. The molecule has 106 valence electrons. The highest BCUT2D eigenvalue weighted by Crippen LogP contribution is 2.33. The van der Waals surface area contributed by atoms with Crippen LogP contribution in [0.1, 0.15) is 30.0 Å². The quantitative estimate of drug-likeness (QED) is 0.910. The van der Waals surface area contributed by atoms with E-state index in [-0.39, 0.29) is 0 Å². The van der Waals surface area contributed by atoms with Crippen molar-refractivity contribution in [3.05, 3.63) is 29.7 Å². The number of rotatable bonds is 2. The number of hydrogen-bond donors (Lipinski definition) is 1. The number of nitrogens with zero attached hydrogens (tertiary/aromatic N) is 3. The van der Waals surface area contributed by atoms with Gasteiger partial charge in [0.2, 0.25) is 0 Å². The molecule has 1 fully saturated rings. The molecule has 0 amide bonds. The molecule has 1 saturated heterocycles. The van der Waals surface area contributed by atoms with Crippen molar-refractivity contribution in [3.63, 3.8) is 0 Å². The van der Waals surface area contributed by atoms with Gasteiger partial charge in [0.25, 0.3) is 0 Å². The molecule has 3 heterocycles. The standard InChI is InChI=1S/C15H20N4O/c1-10-7-13(16)15(11-3-5-20-6-4-11)18-14(10)12-8-17-19(2)9-12/h7-9,11H,3-6,16H2,1-2H3. The summed E-state index contributed by atoms with van der Waals surface area (Å²) in [5.41, 5.74) is 11.1. The van der Waals surface area contributed by atoms with Gasteiger partial charge in [-0.05, 0) is 31.4 Å². The lowest BCUT2D eigenvalue weighted by Gasteiger charge is -2.23. The summed E-state index contributed by atoms with van der Waals surface area (Å²) in [5, 5.41) is 4.22. The van der Waals surface area contributed by atoms with Crippen molar-refractivity contribution in [2.75, 3.05) is 18.9 Å². The lowest BCUT2D eigenvalue weighted by atomic mass is 9.93. The van der Waals surface area contributed by atoms with Crippen molar-refractivity contribution in [2.24, 2.45) is 7.05 Å². The summed E-state index contributed by atoms with van der Waals surface area (Å²) in [6.07, 6.45) is 5.82. The van der Waals surface area contributed by atoms with Gasteiger partial charge in [-0.15, -0.1) is 0 Å². The molecule has 0 saturated carbocycles. The highest BCUT2D eigenvalue weighted by Gasteiger charge is 2.21. The molecule has 0 spiro atoms. The topological polar surface area (TPSA) is 66.0 Å². The molecule has 5 heteroatoms. The predicted octanol–water partition coefficient (Wildman–Crippen LogP) is 2.27. The van der Waals surface area contributed by atoms with Gasteiger partial charge in [0.15, 0.2) is 0 Å². The Labute approximate surface area is 118 Å². The maximum Gasteiger partial charge on any atom is 0.0767 e. The van der Waals surface area contributed by atoms with E-state index in [0.29, 0.717) is 5.92 Å². The van der Waals surface area contributed by atoms with Crippen molar-refractivity contribution in [1.29, 1.82) is 0 Å². The third kappa shape index (κ3) is 2.41. The molecule has 1 aliphatic rings. The highest BCUT2D eigenvalue weighted by atomic mass is 16.5. The van der Waals surface area contributed by atoms with Crippen LogP contribution in [0.3, 0.4) is 0 Å². The fraction of sp³-hybridized carbons (Fsp3) is 0.467. The first-order valence-corrected chi connectivity index (χ1v) is 6.99.